The lowest BCUT2D eigenvalue weighted by Crippen LogP contribution is -2.52. The summed E-state index contributed by atoms with van der Waals surface area (Å²) in [7, 11) is 3.18. The lowest BCUT2D eigenvalue weighted by atomic mass is 9.81. The number of carbonyl (C=O) groups excluding carboxylic acids is 2. The van der Waals surface area contributed by atoms with Crippen molar-refractivity contribution in [2.75, 3.05) is 27.3 Å². The van der Waals surface area contributed by atoms with E-state index in [1.165, 1.54) is 0 Å². The quantitative estimate of drug-likeness (QED) is 0.543. The van der Waals surface area contributed by atoms with Crippen LogP contribution in [0.3, 0.4) is 0 Å². The first kappa shape index (κ1) is 22.2. The van der Waals surface area contributed by atoms with Gasteiger partial charge in [0.05, 0.1) is 25.3 Å². The molecule has 7 nitrogen and oxygen atoms in total. The van der Waals surface area contributed by atoms with Gasteiger partial charge >= 0.3 is 5.97 Å². The molecule has 2 aromatic carbocycles. The zero-order valence-electron chi connectivity index (χ0n) is 19.7. The molecule has 0 N–H and O–H groups in total. The molecule has 34 heavy (non-hydrogen) atoms. The van der Waals surface area contributed by atoms with Crippen LogP contribution in [0, 0.1) is 0 Å². The summed E-state index contributed by atoms with van der Waals surface area (Å²) in [5.74, 6) is 0.862. The number of esters is 1. The minimum absolute atomic E-state index is 0.152. The van der Waals surface area contributed by atoms with Crippen LogP contribution in [0.2, 0.25) is 0 Å². The van der Waals surface area contributed by atoms with Crippen LogP contribution in [0.25, 0.3) is 10.9 Å². The molecular weight excluding hydrogens is 432 g/mol. The molecule has 0 atom stereocenters. The summed E-state index contributed by atoms with van der Waals surface area (Å²) in [5.41, 5.74) is 3.28. The summed E-state index contributed by atoms with van der Waals surface area (Å²) in [6.45, 7) is 3.07. The number of fused-ring (bicyclic) bond motifs is 2. The number of carbonyl (C=O) groups is 2. The van der Waals surface area contributed by atoms with Gasteiger partial charge in [0, 0.05) is 43.8 Å². The van der Waals surface area contributed by atoms with Crippen molar-refractivity contribution in [1.82, 2.24) is 9.88 Å². The number of pyridine rings is 1. The molecule has 7 heteroatoms. The van der Waals surface area contributed by atoms with Crippen molar-refractivity contribution in [1.29, 1.82) is 0 Å². The van der Waals surface area contributed by atoms with Gasteiger partial charge in [-0.05, 0) is 41.8 Å². The number of ether oxygens (including phenoxy) is 3. The number of rotatable bonds is 4. The van der Waals surface area contributed by atoms with E-state index in [1.807, 2.05) is 30.3 Å². The SMILES string of the molecule is CCc1ccc2c(c1)C(=O)OC1(CCN(C(=O)c3cc(OC)c4cc(OC)ccc4n3)CC1)C2. The number of hydrogen-bond acceptors (Lipinski definition) is 6. The second kappa shape index (κ2) is 8.63. The van der Waals surface area contributed by atoms with Gasteiger partial charge < -0.3 is 19.1 Å². The number of amides is 1. The monoisotopic (exact) mass is 460 g/mol. The van der Waals surface area contributed by atoms with Crippen LogP contribution in [0.1, 0.15) is 51.7 Å². The van der Waals surface area contributed by atoms with Gasteiger partial charge in [-0.1, -0.05) is 19.1 Å². The van der Waals surface area contributed by atoms with Crippen molar-refractivity contribution in [2.45, 2.75) is 38.2 Å². The van der Waals surface area contributed by atoms with Crippen LogP contribution in [0.4, 0.5) is 0 Å². The number of likely N-dealkylation sites (tertiary alicyclic amines) is 1. The van der Waals surface area contributed by atoms with Crippen LogP contribution >= 0.6 is 0 Å². The Labute approximate surface area is 198 Å². The van der Waals surface area contributed by atoms with E-state index >= 15 is 0 Å². The molecule has 2 aliphatic heterocycles. The topological polar surface area (TPSA) is 78.0 Å². The molecule has 1 spiro atoms. The Morgan fingerprint density at radius 1 is 1.09 bits per heavy atom. The molecule has 0 bridgehead atoms. The van der Waals surface area contributed by atoms with Gasteiger partial charge in [0.2, 0.25) is 0 Å². The maximum atomic E-state index is 13.3. The molecule has 1 saturated heterocycles. The molecule has 0 unspecified atom stereocenters. The number of aryl methyl sites for hydroxylation is 1. The van der Waals surface area contributed by atoms with E-state index in [0.717, 1.165) is 22.9 Å². The fourth-order valence-electron chi connectivity index (χ4n) is 4.96. The van der Waals surface area contributed by atoms with Gasteiger partial charge in [-0.25, -0.2) is 9.78 Å². The maximum Gasteiger partial charge on any atom is 0.338 e. The van der Waals surface area contributed by atoms with Crippen molar-refractivity contribution in [2.24, 2.45) is 0 Å². The molecule has 1 amide bonds. The van der Waals surface area contributed by atoms with E-state index in [1.54, 1.807) is 25.2 Å². The second-order valence-electron chi connectivity index (χ2n) is 8.98. The minimum Gasteiger partial charge on any atom is -0.497 e. The van der Waals surface area contributed by atoms with Crippen molar-refractivity contribution in [3.8, 4) is 11.5 Å². The van der Waals surface area contributed by atoms with Crippen LogP contribution in [0.5, 0.6) is 11.5 Å². The van der Waals surface area contributed by atoms with Crippen LogP contribution in [0.15, 0.2) is 42.5 Å². The van der Waals surface area contributed by atoms with Gasteiger partial charge in [0.25, 0.3) is 5.91 Å². The number of aromatic nitrogens is 1. The Kier molecular flexibility index (Phi) is 5.63. The molecule has 3 heterocycles. The summed E-state index contributed by atoms with van der Waals surface area (Å²) >= 11 is 0. The van der Waals surface area contributed by atoms with E-state index in [0.29, 0.717) is 60.6 Å². The Balaban J connectivity index is 1.34. The number of hydrogen-bond donors (Lipinski definition) is 0. The molecule has 0 radical (unpaired) electrons. The highest BCUT2D eigenvalue weighted by molar-refractivity contribution is 5.97. The minimum atomic E-state index is -0.556. The Bertz CT molecular complexity index is 1280. The zero-order chi connectivity index (χ0) is 23.9. The first-order valence-electron chi connectivity index (χ1n) is 11.6. The summed E-state index contributed by atoms with van der Waals surface area (Å²) in [6.07, 6.45) is 2.76. The highest BCUT2D eigenvalue weighted by atomic mass is 16.6. The standard InChI is InChI=1S/C27H28N2O5/c1-4-17-5-6-18-16-27(34-26(31)20(18)13-17)9-11-29(12-10-27)25(30)23-15-24(33-3)21-14-19(32-2)7-8-22(21)28-23/h5-8,13-15H,4,9-12,16H2,1-3H3. The highest BCUT2D eigenvalue weighted by Crippen LogP contribution is 2.37. The molecule has 3 aromatic rings. The molecule has 0 aliphatic carbocycles. The van der Waals surface area contributed by atoms with Crippen molar-refractivity contribution >= 4 is 22.8 Å². The molecule has 176 valence electrons. The third-order valence-electron chi connectivity index (χ3n) is 7.00. The molecule has 0 saturated carbocycles. The first-order valence-corrected chi connectivity index (χ1v) is 11.6. The van der Waals surface area contributed by atoms with Crippen LogP contribution in [-0.2, 0) is 17.6 Å². The predicted octanol–water partition coefficient (Wildman–Crippen LogP) is 4.20. The lowest BCUT2D eigenvalue weighted by molar-refractivity contribution is -0.0527. The average molecular weight is 461 g/mol. The fraction of sp³-hybridized carbons (Fsp3) is 0.370. The molecule has 2 aliphatic rings. The van der Waals surface area contributed by atoms with Crippen LogP contribution in [-0.4, -0.2) is 54.7 Å². The van der Waals surface area contributed by atoms with Gasteiger partial charge in [0.1, 0.15) is 22.8 Å². The summed E-state index contributed by atoms with van der Waals surface area (Å²) in [5, 5.41) is 0.787. The van der Waals surface area contributed by atoms with E-state index in [2.05, 4.69) is 18.0 Å². The van der Waals surface area contributed by atoms with Gasteiger partial charge in [-0.15, -0.1) is 0 Å². The highest BCUT2D eigenvalue weighted by Gasteiger charge is 2.43. The van der Waals surface area contributed by atoms with Gasteiger partial charge in [-0.3, -0.25) is 4.79 Å². The molecular formula is C27H28N2O5. The predicted molar refractivity (Wildman–Crippen MR) is 128 cm³/mol. The average Bonchev–Trinajstić information content (AvgIpc) is 2.87. The summed E-state index contributed by atoms with van der Waals surface area (Å²) < 4.78 is 16.8. The maximum absolute atomic E-state index is 13.3. The van der Waals surface area contributed by atoms with E-state index in [9.17, 15) is 9.59 Å². The van der Waals surface area contributed by atoms with E-state index < -0.39 is 5.60 Å². The number of nitrogens with zero attached hydrogens (tertiary/aromatic N) is 2. The first-order chi connectivity index (χ1) is 16.4. The largest absolute Gasteiger partial charge is 0.497 e. The van der Waals surface area contributed by atoms with E-state index in [-0.39, 0.29) is 11.9 Å². The summed E-state index contributed by atoms with van der Waals surface area (Å²) in [6, 6.07) is 13.2. The molecule has 1 fully saturated rings. The third kappa shape index (κ3) is 3.85. The van der Waals surface area contributed by atoms with Gasteiger partial charge in [0.15, 0.2) is 0 Å². The number of benzene rings is 2. The zero-order valence-corrected chi connectivity index (χ0v) is 19.7. The van der Waals surface area contributed by atoms with E-state index in [4.69, 9.17) is 14.2 Å². The Hall–Kier alpha value is -3.61. The Morgan fingerprint density at radius 2 is 1.88 bits per heavy atom. The fourth-order valence-corrected chi connectivity index (χ4v) is 4.96. The smallest absolute Gasteiger partial charge is 0.338 e. The second-order valence-corrected chi connectivity index (χ2v) is 8.98. The number of methoxy groups -OCH3 is 2. The van der Waals surface area contributed by atoms with Crippen molar-refractivity contribution < 1.29 is 23.8 Å². The molecule has 5 rings (SSSR count). The third-order valence-corrected chi connectivity index (χ3v) is 7.00. The number of piperidine rings is 1. The molecule has 1 aromatic heterocycles. The van der Waals surface area contributed by atoms with Crippen molar-refractivity contribution in [3.63, 3.8) is 0 Å². The van der Waals surface area contributed by atoms with Gasteiger partial charge in [-0.2, -0.15) is 0 Å². The normalized spacial score (nSPS) is 16.8. The Morgan fingerprint density at radius 3 is 2.59 bits per heavy atom. The van der Waals surface area contributed by atoms with Crippen LogP contribution < -0.4 is 9.47 Å². The van der Waals surface area contributed by atoms with Crippen molar-refractivity contribution in [3.05, 3.63) is 64.8 Å². The lowest BCUT2D eigenvalue weighted by Gasteiger charge is -2.43. The summed E-state index contributed by atoms with van der Waals surface area (Å²) in [4.78, 5) is 32.5.